The summed E-state index contributed by atoms with van der Waals surface area (Å²) in [6, 6.07) is 12.7. The Kier molecular flexibility index (Phi) is 6.59. The fraction of sp³-hybridized carbons (Fsp3) is 0.278. The fourth-order valence-electron chi connectivity index (χ4n) is 2.18. The average molecular weight is 378 g/mol. The summed E-state index contributed by atoms with van der Waals surface area (Å²) in [6.45, 7) is 3.28. The molecule has 0 heterocycles. The number of anilines is 1. The van der Waals surface area contributed by atoms with Crippen LogP contribution in [-0.4, -0.2) is 34.1 Å². The van der Waals surface area contributed by atoms with Gasteiger partial charge in [0, 0.05) is 6.04 Å². The van der Waals surface area contributed by atoms with Crippen molar-refractivity contribution in [2.45, 2.75) is 24.8 Å². The van der Waals surface area contributed by atoms with Gasteiger partial charge in [-0.15, -0.1) is 0 Å². The molecule has 0 aliphatic carbocycles. The van der Waals surface area contributed by atoms with Gasteiger partial charge >= 0.3 is 0 Å². The maximum Gasteiger partial charge on any atom is 0.262 e. The molecule has 0 aliphatic rings. The van der Waals surface area contributed by atoms with Gasteiger partial charge in [0.1, 0.15) is 11.5 Å². The molecule has 7 nitrogen and oxygen atoms in total. The molecular weight excluding hydrogens is 356 g/mol. The van der Waals surface area contributed by atoms with Crippen LogP contribution in [0.4, 0.5) is 5.69 Å². The molecule has 0 aliphatic heterocycles. The molecule has 0 unspecified atom stereocenters. The van der Waals surface area contributed by atoms with Crippen molar-refractivity contribution in [1.82, 2.24) is 4.72 Å². The van der Waals surface area contributed by atoms with E-state index in [0.29, 0.717) is 17.2 Å². The molecule has 0 spiro atoms. The number of para-hydroxylation sites is 2. The Morgan fingerprint density at radius 1 is 1.08 bits per heavy atom. The van der Waals surface area contributed by atoms with E-state index in [4.69, 9.17) is 9.47 Å². The number of ether oxygens (including phenoxy) is 2. The first-order valence-corrected chi connectivity index (χ1v) is 9.48. The van der Waals surface area contributed by atoms with Crippen molar-refractivity contribution in [3.05, 3.63) is 48.5 Å². The Morgan fingerprint density at radius 2 is 1.73 bits per heavy atom. The smallest absolute Gasteiger partial charge is 0.262 e. The number of methoxy groups -OCH3 is 1. The van der Waals surface area contributed by atoms with Crippen LogP contribution in [0.25, 0.3) is 0 Å². The average Bonchev–Trinajstić information content (AvgIpc) is 2.60. The van der Waals surface area contributed by atoms with E-state index < -0.39 is 10.0 Å². The molecule has 0 bridgehead atoms. The molecule has 2 aromatic carbocycles. The second kappa shape index (κ2) is 8.68. The first-order valence-electron chi connectivity index (χ1n) is 8.00. The third-order valence-electron chi connectivity index (χ3n) is 3.28. The van der Waals surface area contributed by atoms with Crippen molar-refractivity contribution >= 4 is 21.6 Å². The first-order chi connectivity index (χ1) is 12.3. The van der Waals surface area contributed by atoms with Crippen molar-refractivity contribution < 1.29 is 22.7 Å². The number of nitrogens with one attached hydrogen (secondary N) is 2. The maximum atomic E-state index is 12.1. The van der Waals surface area contributed by atoms with Crippen LogP contribution in [0, 0.1) is 0 Å². The zero-order chi connectivity index (χ0) is 19.2. The summed E-state index contributed by atoms with van der Waals surface area (Å²) >= 11 is 0. The molecule has 140 valence electrons. The van der Waals surface area contributed by atoms with Gasteiger partial charge in [0.05, 0.1) is 17.7 Å². The van der Waals surface area contributed by atoms with Gasteiger partial charge < -0.3 is 14.8 Å². The molecule has 8 heteroatoms. The number of amides is 1. The van der Waals surface area contributed by atoms with Gasteiger partial charge in [-0.3, -0.25) is 4.79 Å². The summed E-state index contributed by atoms with van der Waals surface area (Å²) < 4.78 is 37.2. The Hall–Kier alpha value is -2.58. The Morgan fingerprint density at radius 3 is 2.35 bits per heavy atom. The minimum Gasteiger partial charge on any atom is -0.495 e. The highest BCUT2D eigenvalue weighted by Crippen LogP contribution is 2.23. The summed E-state index contributed by atoms with van der Waals surface area (Å²) in [5, 5.41) is 2.69. The molecule has 2 N–H and O–H groups in total. The van der Waals surface area contributed by atoms with Crippen molar-refractivity contribution in [2.24, 2.45) is 0 Å². The van der Waals surface area contributed by atoms with Gasteiger partial charge in [0.25, 0.3) is 5.91 Å². The number of hydrogen-bond acceptors (Lipinski definition) is 5. The van der Waals surface area contributed by atoms with Crippen molar-refractivity contribution in [1.29, 1.82) is 0 Å². The Balaban J connectivity index is 1.94. The highest BCUT2D eigenvalue weighted by atomic mass is 32.2. The summed E-state index contributed by atoms with van der Waals surface area (Å²) in [4.78, 5) is 12.1. The fourth-order valence-corrected chi connectivity index (χ4v) is 3.43. The molecule has 0 saturated heterocycles. The van der Waals surface area contributed by atoms with Crippen molar-refractivity contribution in [3.63, 3.8) is 0 Å². The summed E-state index contributed by atoms with van der Waals surface area (Å²) in [7, 11) is -2.04. The van der Waals surface area contributed by atoms with Gasteiger partial charge in [0.2, 0.25) is 10.0 Å². The predicted octanol–water partition coefficient (Wildman–Crippen LogP) is 2.40. The third-order valence-corrected chi connectivity index (χ3v) is 4.95. The van der Waals surface area contributed by atoms with Gasteiger partial charge in [0.15, 0.2) is 6.61 Å². The minimum atomic E-state index is -3.55. The number of carbonyl (C=O) groups is 1. The van der Waals surface area contributed by atoms with E-state index in [9.17, 15) is 13.2 Å². The van der Waals surface area contributed by atoms with Crippen LogP contribution >= 0.6 is 0 Å². The number of carbonyl (C=O) groups excluding carboxylic acids is 1. The highest BCUT2D eigenvalue weighted by Gasteiger charge is 2.15. The van der Waals surface area contributed by atoms with Gasteiger partial charge in [-0.2, -0.15) is 0 Å². The predicted molar refractivity (Wildman–Crippen MR) is 99.0 cm³/mol. The first kappa shape index (κ1) is 19.7. The molecule has 1 amide bonds. The lowest BCUT2D eigenvalue weighted by molar-refractivity contribution is -0.118. The number of rotatable bonds is 8. The second-order valence-corrected chi connectivity index (χ2v) is 7.50. The maximum absolute atomic E-state index is 12.1. The van der Waals surface area contributed by atoms with Crippen LogP contribution < -0.4 is 19.5 Å². The molecular formula is C18H22N2O5S. The lowest BCUT2D eigenvalue weighted by Gasteiger charge is -2.12. The van der Waals surface area contributed by atoms with Crippen molar-refractivity contribution in [2.75, 3.05) is 19.0 Å². The van der Waals surface area contributed by atoms with Gasteiger partial charge in [-0.05, 0) is 50.2 Å². The molecule has 0 aromatic heterocycles. The molecule has 0 radical (unpaired) electrons. The van der Waals surface area contributed by atoms with Gasteiger partial charge in [-0.25, -0.2) is 13.1 Å². The van der Waals surface area contributed by atoms with Crippen LogP contribution in [0.3, 0.4) is 0 Å². The largest absolute Gasteiger partial charge is 0.495 e. The standard InChI is InChI=1S/C18H22N2O5S/c1-13(2)20-26(22,23)15-10-8-14(9-11-15)25-12-18(21)19-16-6-4-5-7-17(16)24-3/h4-11,13,20H,12H2,1-3H3,(H,19,21). The van der Waals surface area contributed by atoms with Crippen molar-refractivity contribution in [3.8, 4) is 11.5 Å². The normalized spacial score (nSPS) is 11.2. The highest BCUT2D eigenvalue weighted by molar-refractivity contribution is 7.89. The zero-order valence-electron chi connectivity index (χ0n) is 14.9. The molecule has 0 saturated carbocycles. The topological polar surface area (TPSA) is 93.7 Å². The summed E-state index contributed by atoms with van der Waals surface area (Å²) in [5.41, 5.74) is 0.546. The van der Waals surface area contributed by atoms with E-state index in [1.165, 1.54) is 31.4 Å². The lowest BCUT2D eigenvalue weighted by Crippen LogP contribution is -2.30. The van der Waals surface area contributed by atoms with E-state index in [0.717, 1.165) is 0 Å². The van der Waals surface area contributed by atoms with Crippen LogP contribution in [-0.2, 0) is 14.8 Å². The SMILES string of the molecule is COc1ccccc1NC(=O)COc1ccc(S(=O)(=O)NC(C)C)cc1. The number of sulfonamides is 1. The second-order valence-electron chi connectivity index (χ2n) is 5.78. The molecule has 26 heavy (non-hydrogen) atoms. The molecule has 2 aromatic rings. The van der Waals surface area contributed by atoms with Crippen LogP contribution in [0.15, 0.2) is 53.4 Å². The third kappa shape index (κ3) is 5.47. The van der Waals surface area contributed by atoms with Crippen LogP contribution in [0.5, 0.6) is 11.5 Å². The van der Waals surface area contributed by atoms with E-state index in [1.54, 1.807) is 38.1 Å². The van der Waals surface area contributed by atoms with E-state index in [-0.39, 0.29) is 23.5 Å². The lowest BCUT2D eigenvalue weighted by atomic mass is 10.3. The van der Waals surface area contributed by atoms with Crippen LogP contribution in [0.2, 0.25) is 0 Å². The molecule has 0 atom stereocenters. The monoisotopic (exact) mass is 378 g/mol. The summed E-state index contributed by atoms with van der Waals surface area (Å²) in [5.74, 6) is 0.587. The minimum absolute atomic E-state index is 0.136. The Labute approximate surface area is 153 Å². The zero-order valence-corrected chi connectivity index (χ0v) is 15.7. The number of hydrogen-bond donors (Lipinski definition) is 2. The summed E-state index contributed by atoms with van der Waals surface area (Å²) in [6.07, 6.45) is 0. The van der Waals surface area contributed by atoms with Crippen LogP contribution in [0.1, 0.15) is 13.8 Å². The number of benzene rings is 2. The van der Waals surface area contributed by atoms with E-state index in [1.807, 2.05) is 0 Å². The quantitative estimate of drug-likeness (QED) is 0.736. The molecule has 2 rings (SSSR count). The molecule has 0 fully saturated rings. The Bertz CT molecular complexity index is 848. The van der Waals surface area contributed by atoms with E-state index in [2.05, 4.69) is 10.0 Å². The van der Waals surface area contributed by atoms with Gasteiger partial charge in [-0.1, -0.05) is 12.1 Å². The van der Waals surface area contributed by atoms with E-state index >= 15 is 0 Å².